The fourth-order valence-corrected chi connectivity index (χ4v) is 6.53. The molecule has 0 radical (unpaired) electrons. The second-order valence-electron chi connectivity index (χ2n) is 8.43. The Balaban J connectivity index is 2.35. The maximum absolute atomic E-state index is 13.1. The average molecular weight is 418 g/mol. The summed E-state index contributed by atoms with van der Waals surface area (Å²) in [5.74, 6) is -1.32. The third-order valence-electron chi connectivity index (χ3n) is 6.59. The van der Waals surface area contributed by atoms with E-state index in [0.29, 0.717) is 38.2 Å². The Morgan fingerprint density at radius 1 is 1.12 bits per heavy atom. The SMILES string of the molecule is CC(C)c1c(Cl)c(Cl)c2c(c1Cl)C(=O)CC1C(C)(C(=O)O)CCCC21C. The number of carbonyl (C=O) groups is 2. The van der Waals surface area contributed by atoms with E-state index in [4.69, 9.17) is 34.8 Å². The van der Waals surface area contributed by atoms with Crippen LogP contribution in [0.1, 0.15) is 80.8 Å². The molecule has 2 aliphatic rings. The number of carboxylic acid groups (broad SMARTS) is 1. The fraction of sp³-hybridized carbons (Fsp3) is 0.600. The van der Waals surface area contributed by atoms with E-state index in [1.165, 1.54) is 0 Å². The molecule has 1 N–H and O–H groups in total. The molecule has 0 aromatic heterocycles. The Labute approximate surface area is 169 Å². The van der Waals surface area contributed by atoms with Crippen molar-refractivity contribution in [3.05, 3.63) is 31.8 Å². The number of rotatable bonds is 2. The Bertz CT molecular complexity index is 817. The molecule has 1 saturated carbocycles. The summed E-state index contributed by atoms with van der Waals surface area (Å²) < 4.78 is 0. The third kappa shape index (κ3) is 2.54. The van der Waals surface area contributed by atoms with E-state index in [0.717, 1.165) is 12.8 Å². The van der Waals surface area contributed by atoms with Crippen molar-refractivity contribution < 1.29 is 14.7 Å². The molecule has 6 heteroatoms. The van der Waals surface area contributed by atoms with Gasteiger partial charge in [-0.25, -0.2) is 0 Å². The first-order chi connectivity index (χ1) is 12.0. The molecule has 0 spiro atoms. The number of halogens is 3. The maximum Gasteiger partial charge on any atom is 0.309 e. The first-order valence-electron chi connectivity index (χ1n) is 8.94. The molecule has 26 heavy (non-hydrogen) atoms. The monoisotopic (exact) mass is 416 g/mol. The fourth-order valence-electron chi connectivity index (χ4n) is 5.15. The van der Waals surface area contributed by atoms with E-state index in [1.54, 1.807) is 6.92 Å². The van der Waals surface area contributed by atoms with E-state index >= 15 is 0 Å². The van der Waals surface area contributed by atoms with Gasteiger partial charge in [-0.2, -0.15) is 0 Å². The molecule has 0 bridgehead atoms. The molecule has 2 aliphatic carbocycles. The van der Waals surface area contributed by atoms with Crippen LogP contribution in [0.4, 0.5) is 0 Å². The van der Waals surface area contributed by atoms with Gasteiger partial charge in [0.1, 0.15) is 0 Å². The van der Waals surface area contributed by atoms with Crippen LogP contribution in [0.25, 0.3) is 0 Å². The third-order valence-corrected chi connectivity index (χ3v) is 7.85. The van der Waals surface area contributed by atoms with Crippen molar-refractivity contribution in [1.82, 2.24) is 0 Å². The number of hydrogen-bond donors (Lipinski definition) is 1. The van der Waals surface area contributed by atoms with Crippen LogP contribution in [-0.4, -0.2) is 16.9 Å². The smallest absolute Gasteiger partial charge is 0.309 e. The predicted molar refractivity (Wildman–Crippen MR) is 105 cm³/mol. The minimum Gasteiger partial charge on any atom is -0.481 e. The van der Waals surface area contributed by atoms with E-state index in [2.05, 4.69) is 0 Å². The van der Waals surface area contributed by atoms with Crippen molar-refractivity contribution in [2.45, 2.75) is 64.7 Å². The van der Waals surface area contributed by atoms with Crippen molar-refractivity contribution in [1.29, 1.82) is 0 Å². The Morgan fingerprint density at radius 3 is 2.27 bits per heavy atom. The van der Waals surface area contributed by atoms with Crippen LogP contribution in [0.2, 0.25) is 15.1 Å². The number of ketones is 1. The van der Waals surface area contributed by atoms with Gasteiger partial charge in [0.05, 0.1) is 20.5 Å². The second kappa shape index (κ2) is 6.39. The molecule has 0 aliphatic heterocycles. The highest BCUT2D eigenvalue weighted by molar-refractivity contribution is 6.46. The average Bonchev–Trinajstić information content (AvgIpc) is 2.53. The molecule has 142 valence electrons. The number of aliphatic carboxylic acids is 1. The van der Waals surface area contributed by atoms with E-state index in [-0.39, 0.29) is 24.0 Å². The van der Waals surface area contributed by atoms with Crippen molar-refractivity contribution in [2.24, 2.45) is 11.3 Å². The van der Waals surface area contributed by atoms with Crippen LogP contribution in [0.3, 0.4) is 0 Å². The zero-order valence-corrected chi connectivity index (χ0v) is 17.6. The van der Waals surface area contributed by atoms with E-state index in [1.807, 2.05) is 20.8 Å². The van der Waals surface area contributed by atoms with Gasteiger partial charge >= 0.3 is 5.97 Å². The van der Waals surface area contributed by atoms with E-state index in [9.17, 15) is 14.7 Å². The maximum atomic E-state index is 13.1. The van der Waals surface area contributed by atoms with Crippen molar-refractivity contribution in [2.75, 3.05) is 0 Å². The van der Waals surface area contributed by atoms with Gasteiger partial charge in [0.15, 0.2) is 5.78 Å². The van der Waals surface area contributed by atoms with Gasteiger partial charge < -0.3 is 5.11 Å². The molecule has 1 fully saturated rings. The molecule has 0 amide bonds. The second-order valence-corrected chi connectivity index (χ2v) is 9.57. The first kappa shape index (κ1) is 20.0. The molecule has 0 heterocycles. The van der Waals surface area contributed by atoms with Crippen LogP contribution >= 0.6 is 34.8 Å². The quantitative estimate of drug-likeness (QED) is 0.558. The van der Waals surface area contributed by atoms with Gasteiger partial charge in [0, 0.05) is 12.0 Å². The van der Waals surface area contributed by atoms with Crippen LogP contribution in [0.5, 0.6) is 0 Å². The normalized spacial score (nSPS) is 30.9. The van der Waals surface area contributed by atoms with Gasteiger partial charge in [-0.15, -0.1) is 0 Å². The zero-order valence-electron chi connectivity index (χ0n) is 15.4. The lowest BCUT2D eigenvalue weighted by Crippen LogP contribution is -2.53. The number of Topliss-reactive ketones (excluding diaryl/α,β-unsaturated/α-hetero) is 1. The highest BCUT2D eigenvalue weighted by Gasteiger charge is 2.58. The number of benzene rings is 1. The van der Waals surface area contributed by atoms with Gasteiger partial charge in [0.2, 0.25) is 0 Å². The molecular weight excluding hydrogens is 395 g/mol. The summed E-state index contributed by atoms with van der Waals surface area (Å²) >= 11 is 19.9. The summed E-state index contributed by atoms with van der Waals surface area (Å²) in [5.41, 5.74) is 0.253. The minimum atomic E-state index is -0.973. The molecule has 3 atom stereocenters. The molecule has 3 nitrogen and oxygen atoms in total. The highest BCUT2D eigenvalue weighted by atomic mass is 35.5. The summed E-state index contributed by atoms with van der Waals surface area (Å²) in [4.78, 5) is 25.1. The number of carbonyl (C=O) groups excluding carboxylic acids is 1. The largest absolute Gasteiger partial charge is 0.481 e. The summed E-state index contributed by atoms with van der Waals surface area (Å²) in [6.45, 7) is 7.66. The minimum absolute atomic E-state index is 0.0202. The molecule has 3 unspecified atom stereocenters. The van der Waals surface area contributed by atoms with Crippen LogP contribution in [0.15, 0.2) is 0 Å². The van der Waals surface area contributed by atoms with Gasteiger partial charge in [-0.05, 0) is 48.1 Å². The van der Waals surface area contributed by atoms with Crippen molar-refractivity contribution in [3.63, 3.8) is 0 Å². The summed E-state index contributed by atoms with van der Waals surface area (Å²) in [7, 11) is 0. The zero-order chi connectivity index (χ0) is 19.6. The Hall–Kier alpha value is -0.770. The summed E-state index contributed by atoms with van der Waals surface area (Å²) in [6, 6.07) is 0. The lowest BCUT2D eigenvalue weighted by molar-refractivity contribution is -0.156. The van der Waals surface area contributed by atoms with Gasteiger partial charge in [-0.1, -0.05) is 62.0 Å². The van der Waals surface area contributed by atoms with Crippen LogP contribution < -0.4 is 0 Å². The number of carboxylic acids is 1. The standard InChI is InChI=1S/C20H23Cl3O3/c1-9(2)12-15(21)13-10(24)8-11-19(3,14(13)17(23)16(12)22)6-5-7-20(11,4)18(25)26/h9,11H,5-8H2,1-4H3,(H,25,26). The molecule has 1 aromatic carbocycles. The lowest BCUT2D eigenvalue weighted by Gasteiger charge is -2.53. The van der Waals surface area contributed by atoms with Crippen molar-refractivity contribution in [3.8, 4) is 0 Å². The van der Waals surface area contributed by atoms with Gasteiger partial charge in [0.25, 0.3) is 0 Å². The Kier molecular flexibility index (Phi) is 4.91. The molecule has 3 rings (SSSR count). The molecular formula is C20H23Cl3O3. The molecule has 0 saturated heterocycles. The number of hydrogen-bond acceptors (Lipinski definition) is 2. The van der Waals surface area contributed by atoms with Crippen LogP contribution in [-0.2, 0) is 10.2 Å². The Morgan fingerprint density at radius 2 is 1.73 bits per heavy atom. The summed E-state index contributed by atoms with van der Waals surface area (Å²) in [5, 5.41) is 11.0. The topological polar surface area (TPSA) is 54.4 Å². The predicted octanol–water partition coefficient (Wildman–Crippen LogP) is 6.51. The first-order valence-corrected chi connectivity index (χ1v) is 10.1. The summed E-state index contributed by atoms with van der Waals surface area (Å²) in [6.07, 6.45) is 2.23. The van der Waals surface area contributed by atoms with Crippen LogP contribution in [0, 0.1) is 11.3 Å². The van der Waals surface area contributed by atoms with Crippen molar-refractivity contribution >= 4 is 46.6 Å². The van der Waals surface area contributed by atoms with E-state index < -0.39 is 16.8 Å². The number of fused-ring (bicyclic) bond motifs is 3. The van der Waals surface area contributed by atoms with Gasteiger partial charge in [-0.3, -0.25) is 9.59 Å². The lowest BCUT2D eigenvalue weighted by atomic mass is 9.49. The highest BCUT2D eigenvalue weighted by Crippen LogP contribution is 2.60. The molecule has 1 aromatic rings.